The van der Waals surface area contributed by atoms with Crippen LogP contribution in [0, 0.1) is 12.7 Å². The second-order valence-corrected chi connectivity index (χ2v) is 6.10. The lowest BCUT2D eigenvalue weighted by atomic mass is 10.1. The highest BCUT2D eigenvalue weighted by Gasteiger charge is 2.19. The van der Waals surface area contributed by atoms with Gasteiger partial charge in [-0.15, -0.1) is 0 Å². The fraction of sp³-hybridized carbons (Fsp3) is 0.412. The summed E-state index contributed by atoms with van der Waals surface area (Å²) < 4.78 is 14.4. The quantitative estimate of drug-likeness (QED) is 0.797. The highest BCUT2D eigenvalue weighted by Crippen LogP contribution is 2.24. The number of aromatic nitrogens is 2. The van der Waals surface area contributed by atoms with Crippen LogP contribution >= 0.6 is 0 Å². The number of anilines is 1. The molecular formula is C17H21FN4O2. The Balaban J connectivity index is 1.62. The van der Waals surface area contributed by atoms with Gasteiger partial charge < -0.3 is 15.3 Å². The Labute approximate surface area is 139 Å². The summed E-state index contributed by atoms with van der Waals surface area (Å²) in [4.78, 5) is 14.0. The molecule has 2 heterocycles. The summed E-state index contributed by atoms with van der Waals surface area (Å²) in [5, 5.41) is 18.8. The number of H-pyrrole nitrogens is 1. The number of aliphatic hydroxyl groups is 1. The fourth-order valence-corrected chi connectivity index (χ4v) is 2.88. The molecule has 1 aromatic carbocycles. The van der Waals surface area contributed by atoms with Crippen molar-refractivity contribution in [2.24, 2.45) is 0 Å². The van der Waals surface area contributed by atoms with Gasteiger partial charge in [-0.1, -0.05) is 6.07 Å². The topological polar surface area (TPSA) is 81.2 Å². The molecule has 1 saturated heterocycles. The minimum atomic E-state index is -0.308. The van der Waals surface area contributed by atoms with Gasteiger partial charge >= 0.3 is 0 Å². The number of nitrogens with one attached hydrogen (secondary N) is 2. The summed E-state index contributed by atoms with van der Waals surface area (Å²) in [5.41, 5.74) is 2.42. The number of aryl methyl sites for hydroxylation is 1. The first-order chi connectivity index (χ1) is 11.5. The molecule has 24 heavy (non-hydrogen) atoms. The molecule has 1 aliphatic rings. The van der Waals surface area contributed by atoms with Crippen molar-refractivity contribution in [3.05, 3.63) is 47.0 Å². The predicted octanol–water partition coefficient (Wildman–Crippen LogP) is 1.75. The molecule has 0 unspecified atom stereocenters. The van der Waals surface area contributed by atoms with Crippen molar-refractivity contribution in [3.8, 4) is 0 Å². The maximum atomic E-state index is 14.4. The molecule has 1 fully saturated rings. The first kappa shape index (κ1) is 16.4. The number of rotatable bonds is 4. The summed E-state index contributed by atoms with van der Waals surface area (Å²) in [6.45, 7) is 3.31. The van der Waals surface area contributed by atoms with Crippen molar-refractivity contribution in [2.45, 2.75) is 32.4 Å². The summed E-state index contributed by atoms with van der Waals surface area (Å²) in [5.74, 6) is -0.548. The smallest absolute Gasteiger partial charge is 0.255 e. The number of carbonyl (C=O) groups is 1. The summed E-state index contributed by atoms with van der Waals surface area (Å²) in [6.07, 6.45) is 2.49. The molecule has 3 N–H and O–H groups in total. The Kier molecular flexibility index (Phi) is 4.80. The highest BCUT2D eigenvalue weighted by atomic mass is 19.1. The first-order valence-electron chi connectivity index (χ1n) is 8.04. The van der Waals surface area contributed by atoms with Crippen LogP contribution in [0.15, 0.2) is 24.4 Å². The molecule has 0 spiro atoms. The average Bonchev–Trinajstić information content (AvgIpc) is 3.00. The predicted molar refractivity (Wildman–Crippen MR) is 88.3 cm³/mol. The van der Waals surface area contributed by atoms with Gasteiger partial charge in [0.2, 0.25) is 0 Å². The number of carbonyl (C=O) groups excluding carboxylic acids is 1. The van der Waals surface area contributed by atoms with Gasteiger partial charge in [0.05, 0.1) is 23.6 Å². The number of hydrogen-bond acceptors (Lipinski definition) is 4. The Morgan fingerprint density at radius 3 is 2.83 bits per heavy atom. The van der Waals surface area contributed by atoms with Crippen LogP contribution in [0.1, 0.15) is 34.5 Å². The standard InChI is InChI=1S/C17H21FN4O2/c1-11-14(10-20-21-11)17(24)19-9-12-2-3-16(15(18)8-12)22-6-4-13(23)5-7-22/h2-3,8,10,13,23H,4-7,9H2,1H3,(H,19,24)(H,20,21). The third-order valence-electron chi connectivity index (χ3n) is 4.34. The van der Waals surface area contributed by atoms with Crippen LogP contribution in [0.25, 0.3) is 0 Å². The Morgan fingerprint density at radius 2 is 2.21 bits per heavy atom. The van der Waals surface area contributed by atoms with Crippen molar-refractivity contribution in [1.29, 1.82) is 0 Å². The van der Waals surface area contributed by atoms with Gasteiger partial charge in [-0.05, 0) is 37.5 Å². The third kappa shape index (κ3) is 3.56. The number of benzene rings is 1. The molecule has 0 bridgehead atoms. The zero-order valence-electron chi connectivity index (χ0n) is 13.6. The fourth-order valence-electron chi connectivity index (χ4n) is 2.88. The van der Waals surface area contributed by atoms with E-state index in [0.717, 1.165) is 0 Å². The lowest BCUT2D eigenvalue weighted by Crippen LogP contribution is -2.36. The van der Waals surface area contributed by atoms with Gasteiger partial charge in [0.1, 0.15) is 5.82 Å². The van der Waals surface area contributed by atoms with E-state index >= 15 is 0 Å². The molecule has 7 heteroatoms. The Bertz CT molecular complexity index is 723. The molecule has 0 radical (unpaired) electrons. The zero-order chi connectivity index (χ0) is 17.1. The molecular weight excluding hydrogens is 311 g/mol. The molecule has 0 atom stereocenters. The molecule has 6 nitrogen and oxygen atoms in total. The van der Waals surface area contributed by atoms with Crippen LogP contribution in [0.4, 0.5) is 10.1 Å². The number of aliphatic hydroxyl groups excluding tert-OH is 1. The van der Waals surface area contributed by atoms with Crippen molar-refractivity contribution in [2.75, 3.05) is 18.0 Å². The highest BCUT2D eigenvalue weighted by molar-refractivity contribution is 5.94. The van der Waals surface area contributed by atoms with Crippen LogP contribution < -0.4 is 10.2 Å². The Morgan fingerprint density at radius 1 is 1.46 bits per heavy atom. The molecule has 0 saturated carbocycles. The average molecular weight is 332 g/mol. The third-order valence-corrected chi connectivity index (χ3v) is 4.34. The molecule has 2 aromatic rings. The van der Waals surface area contributed by atoms with Gasteiger partial charge in [-0.25, -0.2) is 4.39 Å². The van der Waals surface area contributed by atoms with Crippen LogP contribution in [-0.4, -0.2) is 40.4 Å². The number of halogens is 1. The molecule has 3 rings (SSSR count). The maximum Gasteiger partial charge on any atom is 0.255 e. The molecule has 1 aromatic heterocycles. The van der Waals surface area contributed by atoms with E-state index in [1.165, 1.54) is 12.3 Å². The van der Waals surface area contributed by atoms with E-state index in [9.17, 15) is 14.3 Å². The van der Waals surface area contributed by atoms with Gasteiger partial charge in [0.15, 0.2) is 0 Å². The second-order valence-electron chi connectivity index (χ2n) is 6.10. The van der Waals surface area contributed by atoms with Gasteiger partial charge in [0.25, 0.3) is 5.91 Å². The van der Waals surface area contributed by atoms with E-state index in [4.69, 9.17) is 0 Å². The van der Waals surface area contributed by atoms with Crippen LogP contribution in [0.3, 0.4) is 0 Å². The van der Waals surface area contributed by atoms with Crippen LogP contribution in [-0.2, 0) is 6.54 Å². The number of hydrogen-bond donors (Lipinski definition) is 3. The van der Waals surface area contributed by atoms with E-state index in [0.29, 0.717) is 48.4 Å². The summed E-state index contributed by atoms with van der Waals surface area (Å²) in [6, 6.07) is 4.99. The van der Waals surface area contributed by atoms with Gasteiger partial charge in [-0.3, -0.25) is 9.89 Å². The van der Waals surface area contributed by atoms with Crippen molar-refractivity contribution in [3.63, 3.8) is 0 Å². The molecule has 0 aliphatic carbocycles. The number of nitrogens with zero attached hydrogens (tertiary/aromatic N) is 2. The lowest BCUT2D eigenvalue weighted by Gasteiger charge is -2.31. The van der Waals surface area contributed by atoms with Gasteiger partial charge in [0, 0.05) is 25.3 Å². The largest absolute Gasteiger partial charge is 0.393 e. The van der Waals surface area contributed by atoms with E-state index in [2.05, 4.69) is 15.5 Å². The molecule has 128 valence electrons. The molecule has 1 amide bonds. The minimum Gasteiger partial charge on any atom is -0.393 e. The lowest BCUT2D eigenvalue weighted by molar-refractivity contribution is 0.0950. The van der Waals surface area contributed by atoms with E-state index in [1.807, 2.05) is 11.0 Å². The van der Waals surface area contributed by atoms with Crippen molar-refractivity contribution in [1.82, 2.24) is 15.5 Å². The van der Waals surface area contributed by atoms with Gasteiger partial charge in [-0.2, -0.15) is 5.10 Å². The minimum absolute atomic E-state index is 0.240. The SMILES string of the molecule is Cc1[nH]ncc1C(=O)NCc1ccc(N2CCC(O)CC2)c(F)c1. The van der Waals surface area contributed by atoms with Crippen LogP contribution in [0.5, 0.6) is 0 Å². The normalized spacial score (nSPS) is 15.5. The number of piperidine rings is 1. The van der Waals surface area contributed by atoms with Crippen LogP contribution in [0.2, 0.25) is 0 Å². The van der Waals surface area contributed by atoms with E-state index < -0.39 is 0 Å². The van der Waals surface area contributed by atoms with E-state index in [1.54, 1.807) is 13.0 Å². The number of aromatic amines is 1. The zero-order valence-corrected chi connectivity index (χ0v) is 13.6. The summed E-state index contributed by atoms with van der Waals surface area (Å²) >= 11 is 0. The van der Waals surface area contributed by atoms with E-state index in [-0.39, 0.29) is 24.4 Å². The maximum absolute atomic E-state index is 14.4. The Hall–Kier alpha value is -2.41. The van der Waals surface area contributed by atoms with Crippen molar-refractivity contribution < 1.29 is 14.3 Å². The number of amides is 1. The monoisotopic (exact) mass is 332 g/mol. The summed E-state index contributed by atoms with van der Waals surface area (Å²) in [7, 11) is 0. The second kappa shape index (κ2) is 7.00. The first-order valence-corrected chi connectivity index (χ1v) is 8.04. The molecule has 1 aliphatic heterocycles. The van der Waals surface area contributed by atoms with Crippen molar-refractivity contribution >= 4 is 11.6 Å².